The van der Waals surface area contributed by atoms with Gasteiger partial charge in [-0.1, -0.05) is 0 Å². The highest BCUT2D eigenvalue weighted by molar-refractivity contribution is 5.90. The number of carboxylic acid groups (broad SMARTS) is 1. The maximum absolute atomic E-state index is 11.9. The third-order valence-corrected chi connectivity index (χ3v) is 3.38. The monoisotopic (exact) mass is 255 g/mol. The highest BCUT2D eigenvalue weighted by Crippen LogP contribution is 2.13. The summed E-state index contributed by atoms with van der Waals surface area (Å²) in [4.78, 5) is 37.4. The minimum Gasteiger partial charge on any atom is -0.465 e. The van der Waals surface area contributed by atoms with Crippen molar-refractivity contribution in [3.05, 3.63) is 0 Å². The van der Waals surface area contributed by atoms with Crippen LogP contribution in [0.5, 0.6) is 0 Å². The van der Waals surface area contributed by atoms with Crippen molar-refractivity contribution in [1.29, 1.82) is 0 Å². The minimum absolute atomic E-state index is 0.0446. The Morgan fingerprint density at radius 1 is 1.28 bits per heavy atom. The van der Waals surface area contributed by atoms with E-state index < -0.39 is 12.1 Å². The summed E-state index contributed by atoms with van der Waals surface area (Å²) in [6, 6.07) is -0.700. The van der Waals surface area contributed by atoms with Gasteiger partial charge < -0.3 is 20.2 Å². The number of carbonyl (C=O) groups excluding carboxylic acids is 2. The van der Waals surface area contributed by atoms with Gasteiger partial charge >= 0.3 is 6.09 Å². The number of likely N-dealkylation sites (tertiary alicyclic amines) is 2. The van der Waals surface area contributed by atoms with E-state index in [0.717, 1.165) is 25.9 Å². The molecule has 0 radical (unpaired) electrons. The van der Waals surface area contributed by atoms with Crippen LogP contribution in [0.1, 0.15) is 19.3 Å². The topological polar surface area (TPSA) is 89.9 Å². The highest BCUT2D eigenvalue weighted by atomic mass is 16.4. The van der Waals surface area contributed by atoms with Crippen LogP contribution in [-0.2, 0) is 9.59 Å². The molecule has 2 N–H and O–H groups in total. The van der Waals surface area contributed by atoms with Gasteiger partial charge in [0.05, 0.1) is 6.54 Å². The summed E-state index contributed by atoms with van der Waals surface area (Å²) in [6.07, 6.45) is 1.26. The zero-order chi connectivity index (χ0) is 13.1. The van der Waals surface area contributed by atoms with E-state index >= 15 is 0 Å². The second kappa shape index (κ2) is 5.24. The van der Waals surface area contributed by atoms with Gasteiger partial charge in [0.25, 0.3) is 0 Å². The average Bonchev–Trinajstić information content (AvgIpc) is 2.93. The Morgan fingerprint density at radius 2 is 1.94 bits per heavy atom. The lowest BCUT2D eigenvalue weighted by Crippen LogP contribution is -2.44. The van der Waals surface area contributed by atoms with Crippen LogP contribution >= 0.6 is 0 Å². The molecule has 2 aliphatic rings. The zero-order valence-corrected chi connectivity index (χ0v) is 10.1. The summed E-state index contributed by atoms with van der Waals surface area (Å²) >= 11 is 0. The van der Waals surface area contributed by atoms with Crippen LogP contribution in [0.15, 0.2) is 0 Å². The molecule has 2 saturated heterocycles. The Kier molecular flexibility index (Phi) is 3.69. The van der Waals surface area contributed by atoms with Gasteiger partial charge in [-0.2, -0.15) is 0 Å². The second-order valence-corrected chi connectivity index (χ2v) is 4.64. The average molecular weight is 255 g/mol. The molecule has 0 aliphatic carbocycles. The molecular formula is C11H17N3O4. The van der Waals surface area contributed by atoms with E-state index in [4.69, 9.17) is 5.11 Å². The SMILES string of the molecule is O=C(O)NC1CCN(CC(=O)N2CCCC2)C1=O. The molecule has 0 saturated carbocycles. The molecule has 2 rings (SSSR count). The molecule has 2 heterocycles. The molecule has 2 fully saturated rings. The number of hydrogen-bond acceptors (Lipinski definition) is 3. The summed E-state index contributed by atoms with van der Waals surface area (Å²) in [6.45, 7) is 2.02. The van der Waals surface area contributed by atoms with Crippen LogP contribution in [0.4, 0.5) is 4.79 Å². The van der Waals surface area contributed by atoms with E-state index in [-0.39, 0.29) is 18.4 Å². The maximum Gasteiger partial charge on any atom is 0.405 e. The van der Waals surface area contributed by atoms with Gasteiger partial charge in [0.15, 0.2) is 0 Å². The molecule has 0 spiro atoms. The molecule has 3 amide bonds. The zero-order valence-electron chi connectivity index (χ0n) is 10.1. The van der Waals surface area contributed by atoms with Gasteiger partial charge in [-0.25, -0.2) is 4.79 Å². The van der Waals surface area contributed by atoms with E-state index in [9.17, 15) is 14.4 Å². The van der Waals surface area contributed by atoms with Crippen molar-refractivity contribution in [3.63, 3.8) is 0 Å². The van der Waals surface area contributed by atoms with Crippen LogP contribution in [0, 0.1) is 0 Å². The lowest BCUT2D eigenvalue weighted by atomic mass is 10.2. The highest BCUT2D eigenvalue weighted by Gasteiger charge is 2.34. The Bertz CT molecular complexity index is 365. The first kappa shape index (κ1) is 12.7. The molecule has 0 bridgehead atoms. The van der Waals surface area contributed by atoms with Gasteiger partial charge in [0.1, 0.15) is 6.04 Å². The van der Waals surface area contributed by atoms with E-state index in [0.29, 0.717) is 13.0 Å². The van der Waals surface area contributed by atoms with Crippen molar-refractivity contribution >= 4 is 17.9 Å². The third-order valence-electron chi connectivity index (χ3n) is 3.38. The normalized spacial score (nSPS) is 23.6. The van der Waals surface area contributed by atoms with Crippen LogP contribution in [0.25, 0.3) is 0 Å². The summed E-state index contributed by atoms with van der Waals surface area (Å²) in [5.74, 6) is -0.346. The fourth-order valence-corrected chi connectivity index (χ4v) is 2.41. The second-order valence-electron chi connectivity index (χ2n) is 4.64. The first-order valence-electron chi connectivity index (χ1n) is 6.14. The molecule has 2 aliphatic heterocycles. The molecule has 0 aromatic carbocycles. The molecular weight excluding hydrogens is 238 g/mol. The van der Waals surface area contributed by atoms with Crippen molar-refractivity contribution < 1.29 is 19.5 Å². The molecule has 1 unspecified atom stereocenters. The van der Waals surface area contributed by atoms with Crippen molar-refractivity contribution in [1.82, 2.24) is 15.1 Å². The van der Waals surface area contributed by atoms with Crippen LogP contribution < -0.4 is 5.32 Å². The van der Waals surface area contributed by atoms with Crippen molar-refractivity contribution in [2.75, 3.05) is 26.2 Å². The van der Waals surface area contributed by atoms with E-state index in [1.165, 1.54) is 4.90 Å². The molecule has 0 aromatic heterocycles. The predicted molar refractivity (Wildman–Crippen MR) is 62.0 cm³/mol. The van der Waals surface area contributed by atoms with Gasteiger partial charge in [0.2, 0.25) is 11.8 Å². The Hall–Kier alpha value is -1.79. The fourth-order valence-electron chi connectivity index (χ4n) is 2.41. The van der Waals surface area contributed by atoms with E-state index in [1.807, 2.05) is 0 Å². The van der Waals surface area contributed by atoms with Gasteiger partial charge in [0, 0.05) is 19.6 Å². The number of rotatable bonds is 3. The Labute approximate surface area is 105 Å². The first-order chi connectivity index (χ1) is 8.58. The summed E-state index contributed by atoms with van der Waals surface area (Å²) in [5.41, 5.74) is 0. The predicted octanol–water partition coefficient (Wildman–Crippen LogP) is -0.523. The number of nitrogens with one attached hydrogen (secondary N) is 1. The van der Waals surface area contributed by atoms with Crippen molar-refractivity contribution in [3.8, 4) is 0 Å². The number of nitrogens with zero attached hydrogens (tertiary/aromatic N) is 2. The van der Waals surface area contributed by atoms with Crippen LogP contribution in [0.3, 0.4) is 0 Å². The lowest BCUT2D eigenvalue weighted by Gasteiger charge is -2.21. The quantitative estimate of drug-likeness (QED) is 0.710. The van der Waals surface area contributed by atoms with Crippen LogP contribution in [0.2, 0.25) is 0 Å². The number of hydrogen-bond donors (Lipinski definition) is 2. The number of amides is 3. The molecule has 1 atom stereocenters. The third kappa shape index (κ3) is 2.72. The number of carbonyl (C=O) groups is 3. The standard InChI is InChI=1S/C11H17N3O4/c15-9(13-4-1-2-5-13)7-14-6-3-8(10(14)16)12-11(17)18/h8,12H,1-7H2,(H,17,18). The summed E-state index contributed by atoms with van der Waals surface area (Å²) in [7, 11) is 0. The van der Waals surface area contributed by atoms with Crippen molar-refractivity contribution in [2.45, 2.75) is 25.3 Å². The van der Waals surface area contributed by atoms with Gasteiger partial charge in [-0.15, -0.1) is 0 Å². The summed E-state index contributed by atoms with van der Waals surface area (Å²) < 4.78 is 0. The van der Waals surface area contributed by atoms with Crippen LogP contribution in [-0.4, -0.2) is 65.0 Å². The molecule has 18 heavy (non-hydrogen) atoms. The molecule has 7 nitrogen and oxygen atoms in total. The molecule has 0 aromatic rings. The largest absolute Gasteiger partial charge is 0.465 e. The smallest absolute Gasteiger partial charge is 0.405 e. The van der Waals surface area contributed by atoms with E-state index in [1.54, 1.807) is 4.90 Å². The van der Waals surface area contributed by atoms with Gasteiger partial charge in [-0.05, 0) is 19.3 Å². The molecule has 7 heteroatoms. The first-order valence-corrected chi connectivity index (χ1v) is 6.14. The van der Waals surface area contributed by atoms with E-state index in [2.05, 4.69) is 5.32 Å². The lowest BCUT2D eigenvalue weighted by molar-refractivity contribution is -0.138. The van der Waals surface area contributed by atoms with Gasteiger partial charge in [-0.3, -0.25) is 9.59 Å². The fraction of sp³-hybridized carbons (Fsp3) is 0.727. The molecule has 100 valence electrons. The summed E-state index contributed by atoms with van der Waals surface area (Å²) in [5, 5.41) is 10.7. The maximum atomic E-state index is 11.9. The van der Waals surface area contributed by atoms with Crippen molar-refractivity contribution in [2.24, 2.45) is 0 Å². The Balaban J connectivity index is 1.85. The minimum atomic E-state index is -1.21. The Morgan fingerprint density at radius 3 is 2.56 bits per heavy atom.